The van der Waals surface area contributed by atoms with Gasteiger partial charge < -0.3 is 19.1 Å². The fourth-order valence-electron chi connectivity index (χ4n) is 3.85. The number of amides is 1. The van der Waals surface area contributed by atoms with E-state index in [0.29, 0.717) is 24.5 Å². The predicted octanol–water partition coefficient (Wildman–Crippen LogP) is 4.00. The standard InChI is InChI=1S/C24H27N3O3/c1-17-22(18(2)30-25-17)16-29-21-11-9-20(10-12-21)24(28)27-14-13-26(3)15-23(27)19-7-5-4-6-8-19/h4-12,23H,13-16H2,1-3H3. The van der Waals surface area contributed by atoms with E-state index < -0.39 is 0 Å². The molecule has 1 unspecified atom stereocenters. The van der Waals surface area contributed by atoms with Gasteiger partial charge in [0.2, 0.25) is 0 Å². The lowest BCUT2D eigenvalue weighted by Crippen LogP contribution is -2.49. The summed E-state index contributed by atoms with van der Waals surface area (Å²) >= 11 is 0. The molecule has 1 amide bonds. The maximum Gasteiger partial charge on any atom is 0.254 e. The first kappa shape index (κ1) is 20.2. The number of nitrogens with zero attached hydrogens (tertiary/aromatic N) is 3. The Kier molecular flexibility index (Phi) is 5.86. The quantitative estimate of drug-likeness (QED) is 0.642. The Bertz CT molecular complexity index is 979. The topological polar surface area (TPSA) is 58.8 Å². The maximum atomic E-state index is 13.3. The number of aromatic nitrogens is 1. The second-order valence-corrected chi connectivity index (χ2v) is 7.80. The van der Waals surface area contributed by atoms with Gasteiger partial charge in [-0.25, -0.2) is 0 Å². The summed E-state index contributed by atoms with van der Waals surface area (Å²) in [6, 6.07) is 17.7. The SMILES string of the molecule is Cc1noc(C)c1COc1ccc(C(=O)N2CCN(C)CC2c2ccccc2)cc1. The van der Waals surface area contributed by atoms with Crippen LogP contribution in [0.5, 0.6) is 5.75 Å². The lowest BCUT2D eigenvalue weighted by atomic mass is 10.0. The molecular formula is C24H27N3O3. The van der Waals surface area contributed by atoms with Gasteiger partial charge in [0.15, 0.2) is 0 Å². The van der Waals surface area contributed by atoms with Crippen LogP contribution in [0.3, 0.4) is 0 Å². The molecule has 0 bridgehead atoms. The van der Waals surface area contributed by atoms with Crippen LogP contribution in [0.4, 0.5) is 0 Å². The minimum Gasteiger partial charge on any atom is -0.489 e. The number of aryl methyl sites for hydroxylation is 2. The number of hydrogen-bond donors (Lipinski definition) is 0. The first-order valence-electron chi connectivity index (χ1n) is 10.2. The number of benzene rings is 2. The lowest BCUT2D eigenvalue weighted by Gasteiger charge is -2.40. The van der Waals surface area contributed by atoms with Crippen LogP contribution in [0.15, 0.2) is 59.1 Å². The number of likely N-dealkylation sites (N-methyl/N-ethyl adjacent to an activating group) is 1. The van der Waals surface area contributed by atoms with Crippen molar-refractivity contribution in [1.29, 1.82) is 0 Å². The average molecular weight is 405 g/mol. The van der Waals surface area contributed by atoms with Crippen LogP contribution in [-0.4, -0.2) is 47.5 Å². The molecule has 1 aromatic heterocycles. The van der Waals surface area contributed by atoms with Gasteiger partial charge in [0.25, 0.3) is 5.91 Å². The summed E-state index contributed by atoms with van der Waals surface area (Å²) in [4.78, 5) is 17.5. The molecule has 0 radical (unpaired) electrons. The highest BCUT2D eigenvalue weighted by atomic mass is 16.5. The second kappa shape index (κ2) is 8.71. The minimum absolute atomic E-state index is 0.0490. The second-order valence-electron chi connectivity index (χ2n) is 7.80. The molecule has 2 aromatic carbocycles. The Morgan fingerprint density at radius 1 is 1.10 bits per heavy atom. The third kappa shape index (κ3) is 4.24. The van der Waals surface area contributed by atoms with E-state index in [0.717, 1.165) is 35.7 Å². The molecule has 0 N–H and O–H groups in total. The summed E-state index contributed by atoms with van der Waals surface area (Å²) in [7, 11) is 2.10. The first-order chi connectivity index (χ1) is 14.5. The normalized spacial score (nSPS) is 17.2. The summed E-state index contributed by atoms with van der Waals surface area (Å²) in [6.07, 6.45) is 0. The number of carbonyl (C=O) groups is 1. The predicted molar refractivity (Wildman–Crippen MR) is 114 cm³/mol. The van der Waals surface area contributed by atoms with Crippen molar-refractivity contribution in [1.82, 2.24) is 15.0 Å². The van der Waals surface area contributed by atoms with Crippen LogP contribution < -0.4 is 4.74 Å². The molecule has 0 spiro atoms. The molecule has 1 fully saturated rings. The van der Waals surface area contributed by atoms with Crippen molar-refractivity contribution in [2.75, 3.05) is 26.7 Å². The van der Waals surface area contributed by atoms with Gasteiger partial charge in [0, 0.05) is 25.2 Å². The monoisotopic (exact) mass is 405 g/mol. The summed E-state index contributed by atoms with van der Waals surface area (Å²) in [5.41, 5.74) is 3.63. The molecule has 6 nitrogen and oxygen atoms in total. The fourth-order valence-corrected chi connectivity index (χ4v) is 3.85. The molecule has 1 aliphatic heterocycles. The molecule has 4 rings (SSSR count). The van der Waals surface area contributed by atoms with Gasteiger partial charge in [-0.05, 0) is 50.7 Å². The third-order valence-electron chi connectivity index (χ3n) is 5.69. The summed E-state index contributed by atoms with van der Waals surface area (Å²) in [6.45, 7) is 6.57. The molecule has 156 valence electrons. The maximum absolute atomic E-state index is 13.3. The van der Waals surface area contributed by atoms with Gasteiger partial charge in [-0.15, -0.1) is 0 Å². The van der Waals surface area contributed by atoms with E-state index in [1.54, 1.807) is 0 Å². The van der Waals surface area contributed by atoms with E-state index in [1.807, 2.05) is 61.2 Å². The van der Waals surface area contributed by atoms with E-state index in [1.165, 1.54) is 0 Å². The van der Waals surface area contributed by atoms with Crippen LogP contribution in [0.25, 0.3) is 0 Å². The van der Waals surface area contributed by atoms with E-state index in [9.17, 15) is 4.79 Å². The van der Waals surface area contributed by atoms with Crippen LogP contribution in [0, 0.1) is 13.8 Å². The Morgan fingerprint density at radius 2 is 1.83 bits per heavy atom. The number of ether oxygens (including phenoxy) is 1. The van der Waals surface area contributed by atoms with Crippen molar-refractivity contribution in [3.05, 3.63) is 82.7 Å². The average Bonchev–Trinajstić information content (AvgIpc) is 3.10. The molecular weight excluding hydrogens is 378 g/mol. The van der Waals surface area contributed by atoms with Crippen LogP contribution in [0.2, 0.25) is 0 Å². The van der Waals surface area contributed by atoms with Crippen molar-refractivity contribution < 1.29 is 14.1 Å². The minimum atomic E-state index is 0.0490. The highest BCUT2D eigenvalue weighted by Crippen LogP contribution is 2.27. The van der Waals surface area contributed by atoms with E-state index in [4.69, 9.17) is 9.26 Å². The van der Waals surface area contributed by atoms with Gasteiger partial charge >= 0.3 is 0 Å². The zero-order chi connectivity index (χ0) is 21.1. The summed E-state index contributed by atoms with van der Waals surface area (Å²) in [5.74, 6) is 1.53. The molecule has 1 saturated heterocycles. The molecule has 1 atom stereocenters. The highest BCUT2D eigenvalue weighted by Gasteiger charge is 2.30. The van der Waals surface area contributed by atoms with Crippen molar-refractivity contribution in [2.45, 2.75) is 26.5 Å². The highest BCUT2D eigenvalue weighted by molar-refractivity contribution is 5.94. The number of carbonyl (C=O) groups excluding carboxylic acids is 1. The molecule has 1 aliphatic rings. The Labute approximate surface area is 177 Å². The van der Waals surface area contributed by atoms with E-state index in [-0.39, 0.29) is 11.9 Å². The van der Waals surface area contributed by atoms with Crippen molar-refractivity contribution in [3.8, 4) is 5.75 Å². The zero-order valence-corrected chi connectivity index (χ0v) is 17.7. The fraction of sp³-hybridized carbons (Fsp3) is 0.333. The van der Waals surface area contributed by atoms with E-state index >= 15 is 0 Å². The Balaban J connectivity index is 1.47. The molecule has 3 aromatic rings. The van der Waals surface area contributed by atoms with Crippen LogP contribution in [-0.2, 0) is 6.61 Å². The lowest BCUT2D eigenvalue weighted by molar-refractivity contribution is 0.0498. The van der Waals surface area contributed by atoms with Gasteiger partial charge in [0.05, 0.1) is 17.3 Å². The molecule has 6 heteroatoms. The van der Waals surface area contributed by atoms with Crippen molar-refractivity contribution in [2.24, 2.45) is 0 Å². The van der Waals surface area contributed by atoms with Crippen LogP contribution in [0.1, 0.15) is 39.0 Å². The Hall–Kier alpha value is -3.12. The first-order valence-corrected chi connectivity index (χ1v) is 10.2. The number of hydrogen-bond acceptors (Lipinski definition) is 5. The molecule has 2 heterocycles. The largest absolute Gasteiger partial charge is 0.489 e. The van der Waals surface area contributed by atoms with Gasteiger partial charge in [-0.3, -0.25) is 4.79 Å². The number of piperazine rings is 1. The van der Waals surface area contributed by atoms with Crippen LogP contribution >= 0.6 is 0 Å². The smallest absolute Gasteiger partial charge is 0.254 e. The van der Waals surface area contributed by atoms with Gasteiger partial charge in [-0.1, -0.05) is 35.5 Å². The zero-order valence-electron chi connectivity index (χ0n) is 17.7. The van der Waals surface area contributed by atoms with E-state index in [2.05, 4.69) is 29.2 Å². The van der Waals surface area contributed by atoms with Crippen molar-refractivity contribution >= 4 is 5.91 Å². The molecule has 0 aliphatic carbocycles. The Morgan fingerprint density at radius 3 is 2.50 bits per heavy atom. The molecule has 0 saturated carbocycles. The van der Waals surface area contributed by atoms with Gasteiger partial charge in [-0.2, -0.15) is 0 Å². The third-order valence-corrected chi connectivity index (χ3v) is 5.69. The van der Waals surface area contributed by atoms with Crippen molar-refractivity contribution in [3.63, 3.8) is 0 Å². The number of rotatable bonds is 5. The van der Waals surface area contributed by atoms with Gasteiger partial charge in [0.1, 0.15) is 18.1 Å². The summed E-state index contributed by atoms with van der Waals surface area (Å²) in [5, 5.41) is 3.95. The summed E-state index contributed by atoms with van der Waals surface area (Å²) < 4.78 is 11.0. The molecule has 30 heavy (non-hydrogen) atoms.